The Hall–Kier alpha value is -2.15. The van der Waals surface area contributed by atoms with Crippen LogP contribution in [0.5, 0.6) is 0 Å². The SMILES string of the molecule is Cc1ccc(C2CCCC2)cc1-c1c2ccc(C3CC4CCC3CC4)cc2cc[n+]1C. The normalized spacial score (nSPS) is 26.1. The molecule has 2 aromatic carbocycles. The molecule has 1 atom stereocenters. The number of aromatic nitrogens is 1. The topological polar surface area (TPSA) is 3.88 Å². The van der Waals surface area contributed by atoms with Gasteiger partial charge in [-0.05, 0) is 96.9 Å². The van der Waals surface area contributed by atoms with E-state index in [0.717, 1.165) is 23.7 Å². The lowest BCUT2D eigenvalue weighted by Gasteiger charge is -2.42. The molecule has 0 N–H and O–H groups in total. The van der Waals surface area contributed by atoms with Crippen LogP contribution in [0, 0.1) is 18.8 Å². The molecule has 31 heavy (non-hydrogen) atoms. The molecule has 1 aromatic heterocycles. The van der Waals surface area contributed by atoms with Gasteiger partial charge in [0.1, 0.15) is 7.05 Å². The fourth-order valence-electron chi connectivity index (χ4n) is 7.15. The van der Waals surface area contributed by atoms with Crippen molar-refractivity contribution in [3.05, 3.63) is 65.4 Å². The summed E-state index contributed by atoms with van der Waals surface area (Å²) >= 11 is 0. The Kier molecular flexibility index (Phi) is 4.89. The van der Waals surface area contributed by atoms with Crippen LogP contribution < -0.4 is 4.57 Å². The van der Waals surface area contributed by atoms with Crippen molar-refractivity contribution >= 4 is 10.8 Å². The Labute approximate surface area is 187 Å². The van der Waals surface area contributed by atoms with E-state index in [4.69, 9.17) is 0 Å². The zero-order chi connectivity index (χ0) is 20.9. The van der Waals surface area contributed by atoms with Crippen molar-refractivity contribution in [1.29, 1.82) is 0 Å². The lowest BCUT2D eigenvalue weighted by Crippen LogP contribution is -2.31. The first-order chi connectivity index (χ1) is 15.2. The minimum Gasteiger partial charge on any atom is -0.200 e. The molecule has 1 nitrogen and oxygen atoms in total. The van der Waals surface area contributed by atoms with E-state index in [9.17, 15) is 0 Å². The maximum atomic E-state index is 2.53. The summed E-state index contributed by atoms with van der Waals surface area (Å²) in [6.07, 6.45) is 15.1. The van der Waals surface area contributed by atoms with Crippen molar-refractivity contribution in [3.63, 3.8) is 0 Å². The summed E-state index contributed by atoms with van der Waals surface area (Å²) in [6, 6.07) is 17.0. The van der Waals surface area contributed by atoms with Crippen LogP contribution in [0.25, 0.3) is 22.0 Å². The number of pyridine rings is 1. The average molecular weight is 411 g/mol. The summed E-state index contributed by atoms with van der Waals surface area (Å²) in [5, 5.41) is 2.82. The van der Waals surface area contributed by atoms with Crippen LogP contribution in [0.3, 0.4) is 0 Å². The third-order valence-electron chi connectivity index (χ3n) is 8.98. The molecule has 160 valence electrons. The van der Waals surface area contributed by atoms with E-state index in [1.165, 1.54) is 85.4 Å². The second-order valence-corrected chi connectivity index (χ2v) is 10.8. The Morgan fingerprint density at radius 2 is 1.58 bits per heavy atom. The maximum absolute atomic E-state index is 2.53. The number of hydrogen-bond donors (Lipinski definition) is 0. The molecule has 4 fully saturated rings. The zero-order valence-corrected chi connectivity index (χ0v) is 19.2. The minimum atomic E-state index is 0.757. The van der Waals surface area contributed by atoms with E-state index in [1.807, 2.05) is 0 Å². The third-order valence-corrected chi connectivity index (χ3v) is 8.98. The summed E-state index contributed by atoms with van der Waals surface area (Å²) in [6.45, 7) is 2.28. The second-order valence-electron chi connectivity index (χ2n) is 10.8. The molecule has 7 rings (SSSR count). The summed E-state index contributed by atoms with van der Waals surface area (Å²) in [4.78, 5) is 0. The molecule has 1 heterocycles. The first kappa shape index (κ1) is 19.5. The fraction of sp³-hybridized carbons (Fsp3) is 0.500. The van der Waals surface area contributed by atoms with Crippen molar-refractivity contribution in [3.8, 4) is 11.3 Å². The van der Waals surface area contributed by atoms with Gasteiger partial charge in [0.15, 0.2) is 6.20 Å². The average Bonchev–Trinajstić information content (AvgIpc) is 3.35. The molecule has 2 bridgehead atoms. The van der Waals surface area contributed by atoms with Crippen molar-refractivity contribution in [2.75, 3.05) is 0 Å². The van der Waals surface area contributed by atoms with Gasteiger partial charge in [-0.25, -0.2) is 4.57 Å². The van der Waals surface area contributed by atoms with E-state index in [2.05, 4.69) is 67.2 Å². The highest BCUT2D eigenvalue weighted by Gasteiger charge is 2.36. The lowest BCUT2D eigenvalue weighted by atomic mass is 9.63. The van der Waals surface area contributed by atoms with E-state index in [-0.39, 0.29) is 0 Å². The molecule has 3 aromatic rings. The smallest absolute Gasteiger partial charge is 0.200 e. The molecule has 0 radical (unpaired) electrons. The quantitative estimate of drug-likeness (QED) is 0.392. The first-order valence-electron chi connectivity index (χ1n) is 12.7. The number of rotatable bonds is 3. The van der Waals surface area contributed by atoms with Crippen LogP contribution in [0.1, 0.15) is 86.3 Å². The zero-order valence-electron chi connectivity index (χ0n) is 19.2. The molecule has 1 unspecified atom stereocenters. The van der Waals surface area contributed by atoms with Gasteiger partial charge in [0.25, 0.3) is 0 Å². The van der Waals surface area contributed by atoms with Crippen LogP contribution in [-0.2, 0) is 7.05 Å². The maximum Gasteiger partial charge on any atom is 0.220 e. The van der Waals surface area contributed by atoms with E-state index in [1.54, 1.807) is 11.1 Å². The van der Waals surface area contributed by atoms with Crippen LogP contribution in [0.4, 0.5) is 0 Å². The second kappa shape index (κ2) is 7.76. The van der Waals surface area contributed by atoms with Crippen molar-refractivity contribution in [2.24, 2.45) is 18.9 Å². The van der Waals surface area contributed by atoms with E-state index < -0.39 is 0 Å². The molecule has 0 saturated heterocycles. The monoisotopic (exact) mass is 410 g/mol. The van der Waals surface area contributed by atoms with Gasteiger partial charge in [-0.1, -0.05) is 49.9 Å². The standard InChI is InChI=1S/C30H36N/c1-20-7-10-24(22-5-3-4-6-22)19-28(20)30-27-14-13-25(18-26(27)15-16-31(30)2)29-17-21-8-11-23(29)12-9-21/h7,10,13-16,18-19,21-23,29H,3-6,8-9,11-12,17H2,1-2H3/q+1. The van der Waals surface area contributed by atoms with Crippen LogP contribution in [0.15, 0.2) is 48.7 Å². The van der Waals surface area contributed by atoms with Gasteiger partial charge in [0, 0.05) is 11.6 Å². The summed E-state index contributed by atoms with van der Waals surface area (Å²) in [7, 11) is 2.21. The number of hydrogen-bond acceptors (Lipinski definition) is 0. The summed E-state index contributed by atoms with van der Waals surface area (Å²) in [5.74, 6) is 3.46. The first-order valence-corrected chi connectivity index (χ1v) is 12.7. The Morgan fingerprint density at radius 3 is 2.32 bits per heavy atom. The highest BCUT2D eigenvalue weighted by molar-refractivity contribution is 5.94. The number of benzene rings is 2. The minimum absolute atomic E-state index is 0.757. The van der Waals surface area contributed by atoms with Crippen molar-refractivity contribution in [2.45, 2.75) is 76.5 Å². The fourth-order valence-corrected chi connectivity index (χ4v) is 7.15. The van der Waals surface area contributed by atoms with Gasteiger partial charge < -0.3 is 0 Å². The molecule has 0 aliphatic heterocycles. The predicted octanol–water partition coefficient (Wildman–Crippen LogP) is 7.59. The number of fused-ring (bicyclic) bond motifs is 4. The molecule has 4 aliphatic carbocycles. The molecule has 4 aliphatic rings. The van der Waals surface area contributed by atoms with E-state index >= 15 is 0 Å². The van der Waals surface area contributed by atoms with Gasteiger partial charge in [-0.2, -0.15) is 0 Å². The molecule has 1 heteroatoms. The predicted molar refractivity (Wildman–Crippen MR) is 129 cm³/mol. The van der Waals surface area contributed by atoms with Crippen LogP contribution >= 0.6 is 0 Å². The number of aryl methyl sites for hydroxylation is 2. The molecular formula is C30H36N+. The van der Waals surface area contributed by atoms with E-state index in [0.29, 0.717) is 0 Å². The Bertz CT molecular complexity index is 1110. The van der Waals surface area contributed by atoms with Gasteiger partial charge in [0.05, 0.1) is 5.39 Å². The largest absolute Gasteiger partial charge is 0.220 e. The molecule has 4 saturated carbocycles. The molecular weight excluding hydrogens is 374 g/mol. The highest BCUT2D eigenvalue weighted by atomic mass is 14.9. The highest BCUT2D eigenvalue weighted by Crippen LogP contribution is 2.50. The number of nitrogens with zero attached hydrogens (tertiary/aromatic N) is 1. The Morgan fingerprint density at radius 1 is 0.806 bits per heavy atom. The van der Waals surface area contributed by atoms with Gasteiger partial charge in [-0.3, -0.25) is 0 Å². The summed E-state index contributed by atoms with van der Waals surface area (Å²) < 4.78 is 2.34. The van der Waals surface area contributed by atoms with Gasteiger partial charge >= 0.3 is 0 Å². The van der Waals surface area contributed by atoms with Crippen molar-refractivity contribution < 1.29 is 4.57 Å². The summed E-state index contributed by atoms with van der Waals surface area (Å²) in [5.41, 5.74) is 7.33. The molecule has 0 amide bonds. The van der Waals surface area contributed by atoms with Crippen LogP contribution in [-0.4, -0.2) is 0 Å². The molecule has 0 spiro atoms. The van der Waals surface area contributed by atoms with Gasteiger partial charge in [0.2, 0.25) is 5.69 Å². The Balaban J connectivity index is 1.44. The third kappa shape index (κ3) is 3.41. The van der Waals surface area contributed by atoms with Crippen molar-refractivity contribution in [1.82, 2.24) is 0 Å². The van der Waals surface area contributed by atoms with Gasteiger partial charge in [-0.15, -0.1) is 0 Å². The lowest BCUT2D eigenvalue weighted by molar-refractivity contribution is -0.659. The van der Waals surface area contributed by atoms with Crippen LogP contribution in [0.2, 0.25) is 0 Å².